The van der Waals surface area contributed by atoms with Gasteiger partial charge in [0.25, 0.3) is 0 Å². The van der Waals surface area contributed by atoms with Crippen molar-refractivity contribution in [3.05, 3.63) is 35.9 Å². The van der Waals surface area contributed by atoms with E-state index in [0.717, 1.165) is 5.92 Å². The van der Waals surface area contributed by atoms with Crippen molar-refractivity contribution in [3.63, 3.8) is 0 Å². The SMILES string of the molecule is CCC(C)CC(c1ccccc1)N(C)C. The smallest absolute Gasteiger partial charge is 0.0344 e. The number of hydrogen-bond acceptors (Lipinski definition) is 1. The maximum absolute atomic E-state index is 2.33. The molecule has 1 aromatic carbocycles. The van der Waals surface area contributed by atoms with Crippen LogP contribution in [0.3, 0.4) is 0 Å². The van der Waals surface area contributed by atoms with Gasteiger partial charge in [0.1, 0.15) is 0 Å². The molecule has 0 amide bonds. The molecule has 0 saturated heterocycles. The van der Waals surface area contributed by atoms with Crippen molar-refractivity contribution in [2.45, 2.75) is 32.7 Å². The molecular formula is C14H23N. The van der Waals surface area contributed by atoms with Crippen LogP contribution in [0.2, 0.25) is 0 Å². The van der Waals surface area contributed by atoms with Gasteiger partial charge in [0, 0.05) is 6.04 Å². The second-order valence-corrected chi connectivity index (χ2v) is 4.64. The molecular weight excluding hydrogens is 182 g/mol. The largest absolute Gasteiger partial charge is 0.302 e. The van der Waals surface area contributed by atoms with Crippen molar-refractivity contribution in [1.29, 1.82) is 0 Å². The highest BCUT2D eigenvalue weighted by molar-refractivity contribution is 5.18. The Balaban J connectivity index is 2.75. The average Bonchev–Trinajstić information content (AvgIpc) is 2.26. The monoisotopic (exact) mass is 205 g/mol. The van der Waals surface area contributed by atoms with Crippen LogP contribution in [0, 0.1) is 5.92 Å². The maximum atomic E-state index is 2.33. The minimum atomic E-state index is 0.557. The van der Waals surface area contributed by atoms with E-state index < -0.39 is 0 Å². The third kappa shape index (κ3) is 3.67. The molecule has 0 heterocycles. The van der Waals surface area contributed by atoms with E-state index in [2.05, 4.69) is 63.2 Å². The first kappa shape index (κ1) is 12.3. The number of hydrogen-bond donors (Lipinski definition) is 0. The molecule has 1 aromatic rings. The van der Waals surface area contributed by atoms with Gasteiger partial charge in [-0.15, -0.1) is 0 Å². The van der Waals surface area contributed by atoms with Crippen LogP contribution in [-0.2, 0) is 0 Å². The van der Waals surface area contributed by atoms with E-state index in [1.165, 1.54) is 18.4 Å². The number of rotatable bonds is 5. The average molecular weight is 205 g/mol. The second kappa shape index (κ2) is 5.92. The van der Waals surface area contributed by atoms with Crippen LogP contribution in [0.4, 0.5) is 0 Å². The number of nitrogens with zero attached hydrogens (tertiary/aromatic N) is 1. The first-order chi connectivity index (χ1) is 7.15. The Labute approximate surface area is 94.1 Å². The first-order valence-electron chi connectivity index (χ1n) is 5.86. The van der Waals surface area contributed by atoms with Crippen LogP contribution < -0.4 is 0 Å². The molecule has 0 aromatic heterocycles. The maximum Gasteiger partial charge on any atom is 0.0344 e. The lowest BCUT2D eigenvalue weighted by molar-refractivity contribution is 0.251. The quantitative estimate of drug-likeness (QED) is 0.708. The van der Waals surface area contributed by atoms with Gasteiger partial charge in [0.05, 0.1) is 0 Å². The molecule has 84 valence electrons. The normalized spacial score (nSPS) is 15.3. The van der Waals surface area contributed by atoms with Gasteiger partial charge < -0.3 is 4.90 Å². The van der Waals surface area contributed by atoms with E-state index in [-0.39, 0.29) is 0 Å². The predicted molar refractivity (Wildman–Crippen MR) is 66.9 cm³/mol. The lowest BCUT2D eigenvalue weighted by Crippen LogP contribution is -2.21. The van der Waals surface area contributed by atoms with Crippen LogP contribution in [0.5, 0.6) is 0 Å². The van der Waals surface area contributed by atoms with Crippen molar-refractivity contribution in [1.82, 2.24) is 4.90 Å². The molecule has 2 atom stereocenters. The van der Waals surface area contributed by atoms with Crippen LogP contribution in [0.1, 0.15) is 38.3 Å². The predicted octanol–water partition coefficient (Wildman–Crippen LogP) is 3.73. The highest BCUT2D eigenvalue weighted by atomic mass is 15.1. The lowest BCUT2D eigenvalue weighted by Gasteiger charge is -2.27. The van der Waals surface area contributed by atoms with E-state index in [9.17, 15) is 0 Å². The summed E-state index contributed by atoms with van der Waals surface area (Å²) in [6.07, 6.45) is 2.50. The Kier molecular flexibility index (Phi) is 4.83. The number of benzene rings is 1. The summed E-state index contributed by atoms with van der Waals surface area (Å²) in [5.41, 5.74) is 1.43. The van der Waals surface area contributed by atoms with E-state index >= 15 is 0 Å². The standard InChI is InChI=1S/C14H23N/c1-5-12(2)11-14(15(3)4)13-9-7-6-8-10-13/h6-10,12,14H,5,11H2,1-4H3. The molecule has 2 unspecified atom stereocenters. The van der Waals surface area contributed by atoms with Crippen LogP contribution in [0.25, 0.3) is 0 Å². The summed E-state index contributed by atoms with van der Waals surface area (Å²) in [6.45, 7) is 4.60. The second-order valence-electron chi connectivity index (χ2n) is 4.64. The van der Waals surface area contributed by atoms with Crippen LogP contribution in [-0.4, -0.2) is 19.0 Å². The summed E-state index contributed by atoms with van der Waals surface area (Å²) in [6, 6.07) is 11.4. The zero-order valence-corrected chi connectivity index (χ0v) is 10.4. The summed E-state index contributed by atoms with van der Waals surface area (Å²) in [4.78, 5) is 2.32. The first-order valence-corrected chi connectivity index (χ1v) is 5.86. The molecule has 0 saturated carbocycles. The van der Waals surface area contributed by atoms with Gasteiger partial charge in [-0.25, -0.2) is 0 Å². The summed E-state index contributed by atoms with van der Waals surface area (Å²) in [5.74, 6) is 0.789. The molecule has 1 rings (SSSR count). The molecule has 0 N–H and O–H groups in total. The van der Waals surface area contributed by atoms with Gasteiger partial charge in [-0.2, -0.15) is 0 Å². The fourth-order valence-corrected chi connectivity index (χ4v) is 1.87. The van der Waals surface area contributed by atoms with E-state index in [1.807, 2.05) is 0 Å². The van der Waals surface area contributed by atoms with Gasteiger partial charge in [-0.05, 0) is 32.0 Å². The Morgan fingerprint density at radius 3 is 2.20 bits per heavy atom. The summed E-state index contributed by atoms with van der Waals surface area (Å²) < 4.78 is 0. The molecule has 0 radical (unpaired) electrons. The third-order valence-corrected chi connectivity index (χ3v) is 3.13. The van der Waals surface area contributed by atoms with E-state index in [0.29, 0.717) is 6.04 Å². The van der Waals surface area contributed by atoms with Crippen molar-refractivity contribution >= 4 is 0 Å². The highest BCUT2D eigenvalue weighted by Crippen LogP contribution is 2.26. The Morgan fingerprint density at radius 2 is 1.73 bits per heavy atom. The molecule has 0 spiro atoms. The zero-order chi connectivity index (χ0) is 11.3. The molecule has 0 aliphatic carbocycles. The van der Waals surface area contributed by atoms with E-state index in [1.54, 1.807) is 0 Å². The van der Waals surface area contributed by atoms with Gasteiger partial charge in [-0.1, -0.05) is 50.6 Å². The topological polar surface area (TPSA) is 3.24 Å². The van der Waals surface area contributed by atoms with Gasteiger partial charge in [-0.3, -0.25) is 0 Å². The lowest BCUT2D eigenvalue weighted by atomic mass is 9.93. The minimum absolute atomic E-state index is 0.557. The zero-order valence-electron chi connectivity index (χ0n) is 10.4. The van der Waals surface area contributed by atoms with Crippen LogP contribution >= 0.6 is 0 Å². The molecule has 0 aliphatic heterocycles. The van der Waals surface area contributed by atoms with Gasteiger partial charge in [0.2, 0.25) is 0 Å². The minimum Gasteiger partial charge on any atom is -0.302 e. The van der Waals surface area contributed by atoms with Crippen molar-refractivity contribution in [2.24, 2.45) is 5.92 Å². The molecule has 0 bridgehead atoms. The molecule has 0 aliphatic rings. The summed E-state index contributed by atoms with van der Waals surface area (Å²) >= 11 is 0. The fraction of sp³-hybridized carbons (Fsp3) is 0.571. The van der Waals surface area contributed by atoms with Gasteiger partial charge >= 0.3 is 0 Å². The fourth-order valence-electron chi connectivity index (χ4n) is 1.87. The Bertz CT molecular complexity index is 266. The summed E-state index contributed by atoms with van der Waals surface area (Å²) in [5, 5.41) is 0. The van der Waals surface area contributed by atoms with E-state index in [4.69, 9.17) is 0 Å². The highest BCUT2D eigenvalue weighted by Gasteiger charge is 2.15. The van der Waals surface area contributed by atoms with Crippen molar-refractivity contribution < 1.29 is 0 Å². The van der Waals surface area contributed by atoms with Gasteiger partial charge in [0.15, 0.2) is 0 Å². The Hall–Kier alpha value is -0.820. The molecule has 1 heteroatoms. The third-order valence-electron chi connectivity index (χ3n) is 3.13. The van der Waals surface area contributed by atoms with Crippen molar-refractivity contribution in [2.75, 3.05) is 14.1 Å². The van der Waals surface area contributed by atoms with Crippen molar-refractivity contribution in [3.8, 4) is 0 Å². The van der Waals surface area contributed by atoms with Crippen LogP contribution in [0.15, 0.2) is 30.3 Å². The Morgan fingerprint density at radius 1 is 1.13 bits per heavy atom. The molecule has 15 heavy (non-hydrogen) atoms. The molecule has 1 nitrogen and oxygen atoms in total. The summed E-state index contributed by atoms with van der Waals surface area (Å²) in [7, 11) is 4.33. The molecule has 0 fully saturated rings.